The molecule has 4 nitrogen and oxygen atoms in total. The topological polar surface area (TPSA) is 60.0 Å². The number of nitrogens with zero attached hydrogens (tertiary/aromatic N) is 1. The number of nitrogens with one attached hydrogen (secondary N) is 1. The Kier molecular flexibility index (Phi) is 5.29. The smallest absolute Gasteiger partial charge is 0.268 e. The summed E-state index contributed by atoms with van der Waals surface area (Å²) in [5.74, 6) is -0.171. The van der Waals surface area contributed by atoms with Gasteiger partial charge in [0.15, 0.2) is 0 Å². The summed E-state index contributed by atoms with van der Waals surface area (Å²) < 4.78 is 1.83. The van der Waals surface area contributed by atoms with E-state index in [2.05, 4.69) is 5.32 Å². The summed E-state index contributed by atoms with van der Waals surface area (Å²) in [7, 11) is 1.85. The van der Waals surface area contributed by atoms with Gasteiger partial charge in [-0.05, 0) is 54.8 Å². The number of hydrogen-bond donors (Lipinski definition) is 2. The zero-order chi connectivity index (χ0) is 18.1. The molecule has 2 aromatic carbocycles. The van der Waals surface area contributed by atoms with Gasteiger partial charge in [0.25, 0.3) is 5.91 Å². The number of hydrogen-bond acceptors (Lipinski definition) is 3. The molecule has 7 heteroatoms. The maximum absolute atomic E-state index is 12.7. The molecule has 0 aliphatic heterocycles. The van der Waals surface area contributed by atoms with Crippen LogP contribution in [0.3, 0.4) is 0 Å². The molecule has 0 fully saturated rings. The fourth-order valence-electron chi connectivity index (χ4n) is 2.80. The first kappa shape index (κ1) is 18.1. The van der Waals surface area contributed by atoms with Crippen LogP contribution in [0, 0.1) is 0 Å². The molecular weight excluding hydrogens is 377 g/mol. The van der Waals surface area contributed by atoms with Crippen LogP contribution in [0.1, 0.15) is 29.0 Å². The van der Waals surface area contributed by atoms with E-state index in [-0.39, 0.29) is 11.9 Å². The number of aryl methyl sites for hydroxylation is 1. The molecule has 1 unspecified atom stereocenters. The highest BCUT2D eigenvalue weighted by Crippen LogP contribution is 2.28. The van der Waals surface area contributed by atoms with Crippen molar-refractivity contribution in [1.82, 2.24) is 9.88 Å². The number of halogens is 2. The van der Waals surface area contributed by atoms with Crippen molar-refractivity contribution in [2.24, 2.45) is 12.2 Å². The molecule has 0 aliphatic rings. The van der Waals surface area contributed by atoms with E-state index >= 15 is 0 Å². The normalized spacial score (nSPS) is 12.4. The Morgan fingerprint density at radius 1 is 1.20 bits per heavy atom. The summed E-state index contributed by atoms with van der Waals surface area (Å²) in [6, 6.07) is 12.7. The molecule has 0 saturated heterocycles. The Bertz CT molecular complexity index is 955. The van der Waals surface area contributed by atoms with Gasteiger partial charge in [0, 0.05) is 32.9 Å². The third-order valence-corrected chi connectivity index (χ3v) is 5.25. The van der Waals surface area contributed by atoms with Gasteiger partial charge in [-0.2, -0.15) is 0 Å². The van der Waals surface area contributed by atoms with Gasteiger partial charge in [-0.1, -0.05) is 35.3 Å². The average molecular weight is 394 g/mol. The molecule has 1 aromatic heterocycles. The quantitative estimate of drug-likeness (QED) is 0.616. The lowest BCUT2D eigenvalue weighted by atomic mass is 10.1. The lowest BCUT2D eigenvalue weighted by Crippen LogP contribution is -2.28. The first-order valence-electron chi connectivity index (χ1n) is 7.62. The molecule has 25 heavy (non-hydrogen) atoms. The highest BCUT2D eigenvalue weighted by Gasteiger charge is 2.18. The number of amides is 1. The Hall–Kier alpha value is -1.66. The lowest BCUT2D eigenvalue weighted by molar-refractivity contribution is 0.0932. The van der Waals surface area contributed by atoms with Gasteiger partial charge in [-0.25, -0.2) is 0 Å². The second kappa shape index (κ2) is 7.30. The van der Waals surface area contributed by atoms with Crippen LogP contribution in [-0.4, -0.2) is 10.5 Å². The molecule has 1 heterocycles. The fraction of sp³-hybridized carbons (Fsp3) is 0.167. The van der Waals surface area contributed by atoms with Crippen molar-refractivity contribution in [3.63, 3.8) is 0 Å². The second-order valence-corrected chi connectivity index (χ2v) is 7.34. The number of benzene rings is 2. The van der Waals surface area contributed by atoms with Crippen molar-refractivity contribution in [3.8, 4) is 0 Å². The Balaban J connectivity index is 1.86. The Morgan fingerprint density at radius 2 is 1.96 bits per heavy atom. The number of carbonyl (C=O) groups is 1. The minimum Gasteiger partial charge on any atom is -0.344 e. The second-order valence-electron chi connectivity index (χ2n) is 5.79. The number of rotatable bonds is 4. The number of carbonyl (C=O) groups excluding carboxylic acids is 1. The van der Waals surface area contributed by atoms with Crippen molar-refractivity contribution in [3.05, 3.63) is 63.8 Å². The number of aromatic nitrogens is 1. The van der Waals surface area contributed by atoms with Crippen LogP contribution in [0.2, 0.25) is 10.0 Å². The van der Waals surface area contributed by atoms with Gasteiger partial charge in [0.05, 0.1) is 6.04 Å². The fourth-order valence-corrected chi connectivity index (χ4v) is 3.71. The maximum Gasteiger partial charge on any atom is 0.268 e. The molecule has 130 valence electrons. The van der Waals surface area contributed by atoms with Crippen LogP contribution in [0.15, 0.2) is 47.4 Å². The van der Waals surface area contributed by atoms with E-state index in [4.69, 9.17) is 28.3 Å². The molecular formula is C18H17Cl2N3OS. The summed E-state index contributed by atoms with van der Waals surface area (Å²) in [6.45, 7) is 1.90. The van der Waals surface area contributed by atoms with Crippen molar-refractivity contribution < 1.29 is 4.79 Å². The molecule has 0 spiro atoms. The highest BCUT2D eigenvalue weighted by atomic mass is 35.5. The lowest BCUT2D eigenvalue weighted by Gasteiger charge is -2.16. The zero-order valence-electron chi connectivity index (χ0n) is 13.7. The van der Waals surface area contributed by atoms with E-state index in [9.17, 15) is 4.79 Å². The van der Waals surface area contributed by atoms with Crippen LogP contribution in [-0.2, 0) is 7.05 Å². The first-order valence-corrected chi connectivity index (χ1v) is 9.26. The standard InChI is InChI=1S/C18H17Cl2N3OS/c1-10(14-6-5-13(25-21)9-15(14)20)22-18(24)17-7-11-3-4-12(19)8-16(11)23(17)2/h3-10H,21H2,1-2H3,(H,22,24). The summed E-state index contributed by atoms with van der Waals surface area (Å²) in [4.78, 5) is 13.6. The molecule has 0 bridgehead atoms. The predicted molar refractivity (Wildman–Crippen MR) is 105 cm³/mol. The van der Waals surface area contributed by atoms with Crippen molar-refractivity contribution in [1.29, 1.82) is 0 Å². The summed E-state index contributed by atoms with van der Waals surface area (Å²) in [5.41, 5.74) is 2.32. The first-order chi connectivity index (χ1) is 11.9. The molecule has 1 atom stereocenters. The maximum atomic E-state index is 12.7. The average Bonchev–Trinajstić information content (AvgIpc) is 2.91. The van der Waals surface area contributed by atoms with Crippen molar-refractivity contribution >= 4 is 52.0 Å². The van der Waals surface area contributed by atoms with E-state index in [1.165, 1.54) is 0 Å². The van der Waals surface area contributed by atoms with E-state index in [1.807, 2.05) is 54.9 Å². The zero-order valence-corrected chi connectivity index (χ0v) is 16.0. The molecule has 0 saturated carbocycles. The molecule has 0 radical (unpaired) electrons. The van der Waals surface area contributed by atoms with E-state index in [1.54, 1.807) is 6.07 Å². The van der Waals surface area contributed by atoms with Gasteiger partial charge in [-0.15, -0.1) is 0 Å². The van der Waals surface area contributed by atoms with Gasteiger partial charge in [0.2, 0.25) is 0 Å². The van der Waals surface area contributed by atoms with Crippen LogP contribution in [0.4, 0.5) is 0 Å². The van der Waals surface area contributed by atoms with E-state index in [0.717, 1.165) is 33.3 Å². The molecule has 0 aliphatic carbocycles. The van der Waals surface area contributed by atoms with Crippen molar-refractivity contribution in [2.45, 2.75) is 17.9 Å². The predicted octanol–water partition coefficient (Wildman–Crippen LogP) is 4.94. The molecule has 3 N–H and O–H groups in total. The molecule has 3 aromatic rings. The Labute approximate surface area is 160 Å². The summed E-state index contributed by atoms with van der Waals surface area (Å²) in [6.07, 6.45) is 0. The highest BCUT2D eigenvalue weighted by molar-refractivity contribution is 7.97. The van der Waals surface area contributed by atoms with Gasteiger partial charge in [-0.3, -0.25) is 9.93 Å². The van der Waals surface area contributed by atoms with Crippen LogP contribution < -0.4 is 10.5 Å². The Morgan fingerprint density at radius 3 is 2.64 bits per heavy atom. The van der Waals surface area contributed by atoms with Crippen molar-refractivity contribution in [2.75, 3.05) is 0 Å². The summed E-state index contributed by atoms with van der Waals surface area (Å²) >= 11 is 13.5. The van der Waals surface area contributed by atoms with Gasteiger partial charge >= 0.3 is 0 Å². The summed E-state index contributed by atoms with van der Waals surface area (Å²) in [5, 5.41) is 10.7. The minimum absolute atomic E-state index is 0.171. The van der Waals surface area contributed by atoms with Crippen LogP contribution >= 0.6 is 35.1 Å². The third-order valence-electron chi connectivity index (χ3n) is 4.16. The van der Waals surface area contributed by atoms with Crippen LogP contribution in [0.25, 0.3) is 10.9 Å². The van der Waals surface area contributed by atoms with Gasteiger partial charge < -0.3 is 9.88 Å². The largest absolute Gasteiger partial charge is 0.344 e. The van der Waals surface area contributed by atoms with Gasteiger partial charge in [0.1, 0.15) is 5.69 Å². The number of nitrogens with two attached hydrogens (primary N) is 1. The monoisotopic (exact) mass is 393 g/mol. The molecule has 3 rings (SSSR count). The third kappa shape index (κ3) is 3.65. The molecule has 1 amide bonds. The van der Waals surface area contributed by atoms with E-state index in [0.29, 0.717) is 15.7 Å². The van der Waals surface area contributed by atoms with Crippen LogP contribution in [0.5, 0.6) is 0 Å². The SMILES string of the molecule is CC(NC(=O)c1cc2ccc(Cl)cc2n1C)c1ccc(SN)cc1Cl. The number of fused-ring (bicyclic) bond motifs is 1. The van der Waals surface area contributed by atoms with E-state index < -0.39 is 0 Å². The minimum atomic E-state index is -0.238.